The molecule has 1 N–H and O–H groups in total. The summed E-state index contributed by atoms with van der Waals surface area (Å²) in [6.07, 6.45) is 0.652. The minimum Gasteiger partial charge on any atom is -0.495 e. The fourth-order valence-electron chi connectivity index (χ4n) is 3.86. The van der Waals surface area contributed by atoms with Gasteiger partial charge in [-0.2, -0.15) is 0 Å². The van der Waals surface area contributed by atoms with Gasteiger partial charge in [0.1, 0.15) is 11.6 Å². The van der Waals surface area contributed by atoms with Crippen LogP contribution in [0.1, 0.15) is 47.8 Å². The van der Waals surface area contributed by atoms with E-state index >= 15 is 0 Å². The average molecular weight is 432 g/mol. The summed E-state index contributed by atoms with van der Waals surface area (Å²) in [6.45, 7) is 5.52. The highest BCUT2D eigenvalue weighted by Gasteiger charge is 2.33. The number of ether oxygens (including phenoxy) is 1. The average Bonchev–Trinajstić information content (AvgIpc) is 2.98. The van der Waals surface area contributed by atoms with Gasteiger partial charge in [0.25, 0.3) is 5.91 Å². The van der Waals surface area contributed by atoms with Gasteiger partial charge in [-0.15, -0.1) is 0 Å². The van der Waals surface area contributed by atoms with E-state index in [-0.39, 0.29) is 11.5 Å². The number of hydrogen-bond donors (Lipinski definition) is 1. The lowest BCUT2D eigenvalue weighted by molar-refractivity contribution is -0.140. The summed E-state index contributed by atoms with van der Waals surface area (Å²) in [5, 5.41) is 10.9. The van der Waals surface area contributed by atoms with Crippen LogP contribution in [-0.2, 0) is 4.79 Å². The van der Waals surface area contributed by atoms with Crippen LogP contribution in [0.2, 0.25) is 5.02 Å². The maximum absolute atomic E-state index is 13.3. The zero-order valence-corrected chi connectivity index (χ0v) is 18.0. The van der Waals surface area contributed by atoms with E-state index in [1.807, 2.05) is 13.8 Å². The van der Waals surface area contributed by atoms with Crippen LogP contribution in [0.5, 0.6) is 5.75 Å². The first-order valence-electron chi connectivity index (χ1n) is 9.62. The van der Waals surface area contributed by atoms with Crippen LogP contribution in [0.4, 0.5) is 4.39 Å². The van der Waals surface area contributed by atoms with Crippen LogP contribution < -0.4 is 4.74 Å². The second-order valence-corrected chi connectivity index (χ2v) is 7.76. The molecule has 1 aromatic heterocycles. The number of carbonyl (C=O) groups is 2. The lowest BCUT2D eigenvalue weighted by Crippen LogP contribution is -2.21. The third-order valence-electron chi connectivity index (χ3n) is 5.61. The van der Waals surface area contributed by atoms with Crippen molar-refractivity contribution in [2.75, 3.05) is 7.11 Å². The van der Waals surface area contributed by atoms with Gasteiger partial charge in [0.2, 0.25) is 0 Å². The Bertz CT molecular complexity index is 1120. The minimum absolute atomic E-state index is 0.164. The number of carboxylic acids is 1. The molecule has 0 fully saturated rings. The summed E-state index contributed by atoms with van der Waals surface area (Å²) >= 11 is 6.32. The van der Waals surface area contributed by atoms with E-state index in [0.717, 1.165) is 0 Å². The van der Waals surface area contributed by atoms with Crippen molar-refractivity contribution in [3.63, 3.8) is 0 Å². The maximum Gasteiger partial charge on any atom is 0.311 e. The molecule has 0 aliphatic carbocycles. The Morgan fingerprint density at radius 2 is 1.87 bits per heavy atom. The van der Waals surface area contributed by atoms with Crippen molar-refractivity contribution in [2.24, 2.45) is 5.92 Å². The number of halogens is 2. The molecule has 3 aromatic rings. The van der Waals surface area contributed by atoms with E-state index in [9.17, 15) is 19.1 Å². The zero-order chi connectivity index (χ0) is 22.2. The van der Waals surface area contributed by atoms with Gasteiger partial charge in [0, 0.05) is 16.6 Å². The van der Waals surface area contributed by atoms with Crippen LogP contribution in [0.3, 0.4) is 0 Å². The van der Waals surface area contributed by atoms with Crippen molar-refractivity contribution >= 4 is 34.4 Å². The first-order valence-corrected chi connectivity index (χ1v) is 10.0. The summed E-state index contributed by atoms with van der Waals surface area (Å²) < 4.78 is 20.1. The number of methoxy groups -OCH3 is 1. The first kappa shape index (κ1) is 21.8. The number of fused-ring (bicyclic) bond motifs is 1. The number of aromatic nitrogens is 1. The fraction of sp³-hybridized carbons (Fsp3) is 0.304. The normalized spacial score (nSPS) is 13.3. The molecule has 0 saturated heterocycles. The molecule has 3 rings (SSSR count). The highest BCUT2D eigenvalue weighted by Crippen LogP contribution is 2.41. The number of aliphatic carboxylic acids is 1. The summed E-state index contributed by atoms with van der Waals surface area (Å²) in [5.74, 6) is -2.39. The van der Waals surface area contributed by atoms with Gasteiger partial charge in [-0.25, -0.2) is 4.39 Å². The molecule has 1 unspecified atom stereocenters. The molecule has 0 aliphatic rings. The Kier molecular flexibility index (Phi) is 6.17. The van der Waals surface area contributed by atoms with Gasteiger partial charge in [-0.05, 0) is 54.8 Å². The molecule has 2 aromatic carbocycles. The molecular weight excluding hydrogens is 409 g/mol. The largest absolute Gasteiger partial charge is 0.495 e. The summed E-state index contributed by atoms with van der Waals surface area (Å²) in [7, 11) is 1.48. The Morgan fingerprint density at radius 3 is 2.40 bits per heavy atom. The molecule has 7 heteroatoms. The smallest absolute Gasteiger partial charge is 0.311 e. The van der Waals surface area contributed by atoms with Crippen molar-refractivity contribution in [1.29, 1.82) is 0 Å². The second kappa shape index (κ2) is 8.48. The van der Waals surface area contributed by atoms with E-state index in [0.29, 0.717) is 39.4 Å². The SMILES string of the molecule is CCC(C)[C@H](C(=O)O)c1c(C)n(C(=O)c2ccc(F)cc2)c2cc(Cl)c(OC)cc12. The Balaban J connectivity index is 2.36. The van der Waals surface area contributed by atoms with Crippen molar-refractivity contribution in [3.05, 3.63) is 64.1 Å². The lowest BCUT2D eigenvalue weighted by atomic mass is 9.84. The molecule has 158 valence electrons. The number of rotatable bonds is 6. The minimum atomic E-state index is -0.963. The zero-order valence-electron chi connectivity index (χ0n) is 17.2. The molecule has 0 aliphatic heterocycles. The molecule has 1 heterocycles. The van der Waals surface area contributed by atoms with Crippen LogP contribution in [0, 0.1) is 18.7 Å². The topological polar surface area (TPSA) is 68.5 Å². The molecule has 30 heavy (non-hydrogen) atoms. The Hall–Kier alpha value is -2.86. The second-order valence-electron chi connectivity index (χ2n) is 7.35. The predicted octanol–water partition coefficient (Wildman–Crippen LogP) is 5.65. The Labute approximate surface area is 179 Å². The number of hydrogen-bond acceptors (Lipinski definition) is 3. The van der Waals surface area contributed by atoms with Gasteiger partial charge in [0.15, 0.2) is 0 Å². The Morgan fingerprint density at radius 1 is 1.23 bits per heavy atom. The van der Waals surface area contributed by atoms with Crippen LogP contribution in [0.15, 0.2) is 36.4 Å². The highest BCUT2D eigenvalue weighted by molar-refractivity contribution is 6.33. The van der Waals surface area contributed by atoms with Crippen LogP contribution in [-0.4, -0.2) is 28.7 Å². The van der Waals surface area contributed by atoms with Crippen molar-refractivity contribution in [1.82, 2.24) is 4.57 Å². The van der Waals surface area contributed by atoms with E-state index in [2.05, 4.69) is 0 Å². The summed E-state index contributed by atoms with van der Waals surface area (Å²) in [4.78, 5) is 25.5. The van der Waals surface area contributed by atoms with Gasteiger partial charge in [-0.3, -0.25) is 14.2 Å². The standard InChI is InChI=1S/C23H23ClFNO4/c1-5-12(2)20(23(28)29)21-13(3)26(22(27)14-6-8-15(25)9-7-14)18-11-17(24)19(30-4)10-16(18)21/h6-12,20H,5H2,1-4H3,(H,28,29)/t12?,20-/m0/s1. The van der Waals surface area contributed by atoms with Crippen molar-refractivity contribution in [2.45, 2.75) is 33.1 Å². The van der Waals surface area contributed by atoms with E-state index in [1.54, 1.807) is 19.1 Å². The molecule has 2 atom stereocenters. The molecule has 0 spiro atoms. The molecule has 0 bridgehead atoms. The van der Waals surface area contributed by atoms with Crippen LogP contribution >= 0.6 is 11.6 Å². The van der Waals surface area contributed by atoms with Gasteiger partial charge >= 0.3 is 5.97 Å². The third kappa shape index (κ3) is 3.67. The molecule has 0 radical (unpaired) electrons. The van der Waals surface area contributed by atoms with Gasteiger partial charge in [-0.1, -0.05) is 31.9 Å². The first-order chi connectivity index (χ1) is 14.2. The molecule has 0 amide bonds. The summed E-state index contributed by atoms with van der Waals surface area (Å²) in [6, 6.07) is 8.50. The predicted molar refractivity (Wildman–Crippen MR) is 114 cm³/mol. The number of nitrogens with zero attached hydrogens (tertiary/aromatic N) is 1. The maximum atomic E-state index is 13.3. The molecular formula is C23H23ClFNO4. The number of carbonyl (C=O) groups excluding carboxylic acids is 1. The van der Waals surface area contributed by atoms with E-state index in [1.165, 1.54) is 35.9 Å². The monoisotopic (exact) mass is 431 g/mol. The third-order valence-corrected chi connectivity index (χ3v) is 5.91. The van der Waals surface area contributed by atoms with Crippen molar-refractivity contribution < 1.29 is 23.8 Å². The molecule has 0 saturated carbocycles. The lowest BCUT2D eigenvalue weighted by Gasteiger charge is -2.20. The van der Waals surface area contributed by atoms with E-state index < -0.39 is 23.6 Å². The number of carboxylic acid groups (broad SMARTS) is 1. The summed E-state index contributed by atoms with van der Waals surface area (Å²) in [5.41, 5.74) is 1.83. The number of benzene rings is 2. The van der Waals surface area contributed by atoms with Crippen molar-refractivity contribution in [3.8, 4) is 5.75 Å². The van der Waals surface area contributed by atoms with Gasteiger partial charge in [0.05, 0.1) is 23.6 Å². The fourth-order valence-corrected chi connectivity index (χ4v) is 4.09. The van der Waals surface area contributed by atoms with Crippen LogP contribution in [0.25, 0.3) is 10.9 Å². The quantitative estimate of drug-likeness (QED) is 0.547. The highest BCUT2D eigenvalue weighted by atomic mass is 35.5. The van der Waals surface area contributed by atoms with E-state index in [4.69, 9.17) is 16.3 Å². The van der Waals surface area contributed by atoms with Gasteiger partial charge < -0.3 is 9.84 Å². The molecule has 5 nitrogen and oxygen atoms in total.